The van der Waals surface area contributed by atoms with Gasteiger partial charge in [-0.1, -0.05) is 5.16 Å². The third kappa shape index (κ3) is 4.81. The van der Waals surface area contributed by atoms with Crippen molar-refractivity contribution in [2.24, 2.45) is 5.73 Å². The first-order chi connectivity index (χ1) is 10.6. The first-order valence-corrected chi connectivity index (χ1v) is 7.52. The molecule has 8 heteroatoms. The number of nitrogens with zero attached hydrogens (tertiary/aromatic N) is 3. The van der Waals surface area contributed by atoms with Gasteiger partial charge >= 0.3 is 0 Å². The second-order valence-corrected chi connectivity index (χ2v) is 5.42. The molecule has 1 aliphatic heterocycles. The Bertz CT molecular complexity index is 508. The lowest BCUT2D eigenvalue weighted by Gasteiger charge is -2.34. The predicted octanol–water partition coefficient (Wildman–Crippen LogP) is -0.195. The van der Waals surface area contributed by atoms with Gasteiger partial charge in [0.25, 0.3) is 0 Å². The van der Waals surface area contributed by atoms with Crippen LogP contribution in [0.5, 0.6) is 0 Å². The maximum atomic E-state index is 11.9. The van der Waals surface area contributed by atoms with Crippen LogP contribution < -0.4 is 11.1 Å². The van der Waals surface area contributed by atoms with E-state index < -0.39 is 0 Å². The average molecular weight is 309 g/mol. The van der Waals surface area contributed by atoms with E-state index >= 15 is 0 Å². The van der Waals surface area contributed by atoms with E-state index in [0.717, 1.165) is 6.42 Å². The summed E-state index contributed by atoms with van der Waals surface area (Å²) >= 11 is 0. The zero-order valence-electron chi connectivity index (χ0n) is 12.9. The third-order valence-electron chi connectivity index (χ3n) is 3.58. The number of nitrogens with two attached hydrogens (primary N) is 1. The zero-order valence-corrected chi connectivity index (χ0v) is 12.9. The Morgan fingerprint density at radius 1 is 1.36 bits per heavy atom. The summed E-state index contributed by atoms with van der Waals surface area (Å²) in [5.41, 5.74) is 5.41. The van der Waals surface area contributed by atoms with Gasteiger partial charge in [-0.25, -0.2) is 0 Å². The van der Waals surface area contributed by atoms with Crippen molar-refractivity contribution < 1.29 is 14.1 Å². The molecule has 0 atom stereocenters. The van der Waals surface area contributed by atoms with Gasteiger partial charge in [0.1, 0.15) is 5.76 Å². The van der Waals surface area contributed by atoms with E-state index in [4.69, 9.17) is 10.3 Å². The molecule has 122 valence electrons. The Hall–Kier alpha value is -1.93. The number of hydrogen-bond acceptors (Lipinski definition) is 6. The maximum Gasteiger partial charge on any atom is 0.239 e. The monoisotopic (exact) mass is 309 g/mol. The topological polar surface area (TPSA) is 105 Å². The number of carbonyl (C=O) groups excluding carboxylic acids is 2. The average Bonchev–Trinajstić information content (AvgIpc) is 2.90. The summed E-state index contributed by atoms with van der Waals surface area (Å²) < 4.78 is 4.90. The van der Waals surface area contributed by atoms with Crippen LogP contribution in [0, 0.1) is 6.92 Å². The van der Waals surface area contributed by atoms with Gasteiger partial charge in [-0.2, -0.15) is 0 Å². The number of nitrogens with one attached hydrogen (secondary N) is 1. The fourth-order valence-corrected chi connectivity index (χ4v) is 2.38. The van der Waals surface area contributed by atoms with Crippen molar-refractivity contribution in [1.82, 2.24) is 15.0 Å². The second kappa shape index (κ2) is 7.90. The molecule has 3 N–H and O–H groups in total. The normalized spacial score (nSPS) is 15.8. The molecule has 0 bridgehead atoms. The number of rotatable bonds is 6. The smallest absolute Gasteiger partial charge is 0.239 e. The minimum atomic E-state index is -0.129. The van der Waals surface area contributed by atoms with Crippen molar-refractivity contribution in [1.29, 1.82) is 0 Å². The van der Waals surface area contributed by atoms with Crippen LogP contribution in [-0.4, -0.2) is 66.0 Å². The number of carbonyl (C=O) groups is 2. The molecular formula is C14H23N5O3. The lowest BCUT2D eigenvalue weighted by molar-refractivity contribution is -0.133. The number of aryl methyl sites for hydroxylation is 1. The van der Waals surface area contributed by atoms with Crippen LogP contribution in [0.3, 0.4) is 0 Å². The Kier molecular flexibility index (Phi) is 5.91. The highest BCUT2D eigenvalue weighted by atomic mass is 16.5. The van der Waals surface area contributed by atoms with E-state index in [2.05, 4.69) is 10.5 Å². The number of anilines is 1. The fraction of sp³-hybridized carbons (Fsp3) is 0.643. The molecule has 8 nitrogen and oxygen atoms in total. The highest BCUT2D eigenvalue weighted by Crippen LogP contribution is 2.08. The molecule has 2 heterocycles. The van der Waals surface area contributed by atoms with Crippen molar-refractivity contribution in [3.63, 3.8) is 0 Å². The Labute approximate surface area is 129 Å². The third-order valence-corrected chi connectivity index (χ3v) is 3.58. The summed E-state index contributed by atoms with van der Waals surface area (Å²) in [7, 11) is 0. The van der Waals surface area contributed by atoms with Crippen molar-refractivity contribution >= 4 is 17.6 Å². The fourth-order valence-electron chi connectivity index (χ4n) is 2.38. The van der Waals surface area contributed by atoms with Crippen LogP contribution in [0.25, 0.3) is 0 Å². The summed E-state index contributed by atoms with van der Waals surface area (Å²) in [6.45, 7) is 5.28. The van der Waals surface area contributed by atoms with E-state index in [-0.39, 0.29) is 18.4 Å². The highest BCUT2D eigenvalue weighted by molar-refractivity contribution is 5.91. The predicted molar refractivity (Wildman–Crippen MR) is 81.2 cm³/mol. The summed E-state index contributed by atoms with van der Waals surface area (Å²) in [5.74, 6) is 1.10. The van der Waals surface area contributed by atoms with Crippen molar-refractivity contribution in [2.45, 2.75) is 19.8 Å². The quantitative estimate of drug-likeness (QED) is 0.754. The van der Waals surface area contributed by atoms with Crippen LogP contribution in [0.15, 0.2) is 10.6 Å². The van der Waals surface area contributed by atoms with Gasteiger partial charge < -0.3 is 20.5 Å². The van der Waals surface area contributed by atoms with E-state index in [1.54, 1.807) is 13.0 Å². The summed E-state index contributed by atoms with van der Waals surface area (Å²) in [6.07, 6.45) is 1.22. The Balaban J connectivity index is 1.70. The largest absolute Gasteiger partial charge is 0.360 e. The highest BCUT2D eigenvalue weighted by Gasteiger charge is 2.22. The molecule has 0 saturated carbocycles. The molecule has 0 aromatic carbocycles. The van der Waals surface area contributed by atoms with Gasteiger partial charge in [-0.05, 0) is 19.9 Å². The number of piperazine rings is 1. The van der Waals surface area contributed by atoms with Crippen LogP contribution in [-0.2, 0) is 9.59 Å². The second-order valence-electron chi connectivity index (χ2n) is 5.42. The molecule has 0 aliphatic carbocycles. The van der Waals surface area contributed by atoms with Crippen molar-refractivity contribution in [2.75, 3.05) is 44.6 Å². The van der Waals surface area contributed by atoms with Crippen molar-refractivity contribution in [3.8, 4) is 0 Å². The van der Waals surface area contributed by atoms with Gasteiger partial charge in [-0.3, -0.25) is 14.5 Å². The standard InChI is InChI=1S/C14H23N5O3/c1-11-9-12(17-22-11)16-13(20)10-18-5-7-19(8-6-18)14(21)3-2-4-15/h9H,2-8,10,15H2,1H3,(H,16,17,20). The summed E-state index contributed by atoms with van der Waals surface area (Å²) in [4.78, 5) is 27.7. The molecule has 1 aromatic heterocycles. The van der Waals surface area contributed by atoms with Gasteiger partial charge in [0, 0.05) is 38.7 Å². The molecule has 0 radical (unpaired) electrons. The molecule has 1 aliphatic rings. The van der Waals surface area contributed by atoms with E-state index in [1.807, 2.05) is 9.80 Å². The van der Waals surface area contributed by atoms with Crippen LogP contribution in [0.2, 0.25) is 0 Å². The van der Waals surface area contributed by atoms with Crippen molar-refractivity contribution in [3.05, 3.63) is 11.8 Å². The van der Waals surface area contributed by atoms with Crippen LogP contribution in [0.4, 0.5) is 5.82 Å². The molecule has 0 spiro atoms. The number of amides is 2. The summed E-state index contributed by atoms with van der Waals surface area (Å²) in [5, 5.41) is 6.42. The van der Waals surface area contributed by atoms with Crippen LogP contribution >= 0.6 is 0 Å². The van der Waals surface area contributed by atoms with Gasteiger partial charge in [0.15, 0.2) is 5.82 Å². The molecule has 1 fully saturated rings. The lowest BCUT2D eigenvalue weighted by Crippen LogP contribution is -2.50. The molecule has 2 rings (SSSR count). The van der Waals surface area contributed by atoms with Gasteiger partial charge in [-0.15, -0.1) is 0 Å². The SMILES string of the molecule is Cc1cc(NC(=O)CN2CCN(C(=O)CCCN)CC2)no1. The molecule has 22 heavy (non-hydrogen) atoms. The molecule has 0 unspecified atom stereocenters. The number of hydrogen-bond donors (Lipinski definition) is 2. The molecule has 2 amide bonds. The van der Waals surface area contributed by atoms with E-state index in [1.165, 1.54) is 0 Å². The van der Waals surface area contributed by atoms with E-state index in [9.17, 15) is 9.59 Å². The van der Waals surface area contributed by atoms with Gasteiger partial charge in [0.05, 0.1) is 6.54 Å². The molecule has 1 aromatic rings. The first kappa shape index (κ1) is 16.4. The summed E-state index contributed by atoms with van der Waals surface area (Å²) in [6, 6.07) is 1.67. The maximum absolute atomic E-state index is 11.9. The minimum Gasteiger partial charge on any atom is -0.360 e. The molecular weight excluding hydrogens is 286 g/mol. The zero-order chi connectivity index (χ0) is 15.9. The Morgan fingerprint density at radius 3 is 2.68 bits per heavy atom. The van der Waals surface area contributed by atoms with E-state index in [0.29, 0.717) is 50.7 Å². The first-order valence-electron chi connectivity index (χ1n) is 7.52. The molecule has 1 saturated heterocycles. The minimum absolute atomic E-state index is 0.129. The number of aromatic nitrogens is 1. The Morgan fingerprint density at radius 2 is 2.09 bits per heavy atom. The van der Waals surface area contributed by atoms with Gasteiger partial charge in [0.2, 0.25) is 11.8 Å². The lowest BCUT2D eigenvalue weighted by atomic mass is 10.2. The van der Waals surface area contributed by atoms with Crippen LogP contribution in [0.1, 0.15) is 18.6 Å².